The van der Waals surface area contributed by atoms with Crippen LogP contribution in [0.3, 0.4) is 0 Å². The molecule has 0 unspecified atom stereocenters. The third-order valence-corrected chi connectivity index (χ3v) is 5.16. The topological polar surface area (TPSA) is 46.1 Å². The van der Waals surface area contributed by atoms with E-state index in [9.17, 15) is 4.79 Å². The zero-order chi connectivity index (χ0) is 14.3. The fraction of sp³-hybridized carbons (Fsp3) is 0.357. The van der Waals surface area contributed by atoms with Gasteiger partial charge in [0.15, 0.2) is 5.15 Å². The van der Waals surface area contributed by atoms with E-state index >= 15 is 0 Å². The molecule has 1 saturated carbocycles. The van der Waals surface area contributed by atoms with Crippen molar-refractivity contribution in [2.24, 2.45) is 5.41 Å². The number of carbonyl (C=O) groups excluding carboxylic acids is 1. The van der Waals surface area contributed by atoms with Crippen LogP contribution in [0.4, 0.5) is 5.00 Å². The lowest BCUT2D eigenvalue weighted by molar-refractivity contribution is -0.122. The summed E-state index contributed by atoms with van der Waals surface area (Å²) in [7, 11) is 1.76. The molecule has 3 rings (SSSR count). The molecule has 0 aliphatic heterocycles. The van der Waals surface area contributed by atoms with Crippen molar-refractivity contribution in [2.45, 2.75) is 19.8 Å². The predicted octanol–water partition coefficient (Wildman–Crippen LogP) is 3.62. The lowest BCUT2D eigenvalue weighted by atomic mass is 10.1. The number of pyridine rings is 1. The summed E-state index contributed by atoms with van der Waals surface area (Å²) in [5, 5.41) is 1.84. The summed E-state index contributed by atoms with van der Waals surface area (Å²) in [4.78, 5) is 22.4. The van der Waals surface area contributed by atoms with Gasteiger partial charge in [0.05, 0.1) is 0 Å². The minimum absolute atomic E-state index is 0.112. The van der Waals surface area contributed by atoms with E-state index < -0.39 is 0 Å². The van der Waals surface area contributed by atoms with Crippen molar-refractivity contribution < 1.29 is 4.79 Å². The van der Waals surface area contributed by atoms with Crippen LogP contribution in [0.25, 0.3) is 10.6 Å². The van der Waals surface area contributed by atoms with Gasteiger partial charge < -0.3 is 4.90 Å². The molecule has 0 spiro atoms. The number of anilines is 1. The first kappa shape index (κ1) is 13.5. The van der Waals surface area contributed by atoms with Crippen molar-refractivity contribution >= 4 is 33.8 Å². The molecule has 0 atom stereocenters. The van der Waals surface area contributed by atoms with Crippen LogP contribution in [0.5, 0.6) is 0 Å². The van der Waals surface area contributed by atoms with Gasteiger partial charge in [0.25, 0.3) is 0 Å². The lowest BCUT2D eigenvalue weighted by Gasteiger charge is -2.19. The van der Waals surface area contributed by atoms with Crippen molar-refractivity contribution in [1.82, 2.24) is 9.97 Å². The van der Waals surface area contributed by atoms with Gasteiger partial charge in [0.1, 0.15) is 10.0 Å². The predicted molar refractivity (Wildman–Crippen MR) is 81.1 cm³/mol. The minimum Gasteiger partial charge on any atom is -0.304 e. The Hall–Kier alpha value is -1.46. The number of thiazole rings is 1. The first-order valence-corrected chi connectivity index (χ1v) is 7.55. The van der Waals surface area contributed by atoms with Crippen molar-refractivity contribution in [3.8, 4) is 10.6 Å². The Bertz CT molecular complexity index is 652. The third kappa shape index (κ3) is 2.31. The van der Waals surface area contributed by atoms with E-state index in [4.69, 9.17) is 11.6 Å². The maximum atomic E-state index is 12.4. The highest BCUT2D eigenvalue weighted by atomic mass is 35.5. The van der Waals surface area contributed by atoms with Crippen molar-refractivity contribution in [3.63, 3.8) is 0 Å². The van der Waals surface area contributed by atoms with Crippen LogP contribution in [0.2, 0.25) is 5.15 Å². The van der Waals surface area contributed by atoms with Crippen LogP contribution in [0, 0.1) is 5.41 Å². The molecule has 0 bridgehead atoms. The van der Waals surface area contributed by atoms with Crippen LogP contribution in [-0.2, 0) is 4.79 Å². The average molecular weight is 308 g/mol. The molecular formula is C14H14ClN3OS. The molecule has 4 nitrogen and oxygen atoms in total. The van der Waals surface area contributed by atoms with Crippen molar-refractivity contribution in [3.05, 3.63) is 29.7 Å². The normalized spacial score (nSPS) is 15.9. The molecule has 2 aromatic heterocycles. The Labute approximate surface area is 126 Å². The van der Waals surface area contributed by atoms with E-state index in [0.717, 1.165) is 23.4 Å². The maximum absolute atomic E-state index is 12.4. The number of hydrogen-bond acceptors (Lipinski definition) is 4. The van der Waals surface area contributed by atoms with Crippen molar-refractivity contribution in [2.75, 3.05) is 11.9 Å². The molecule has 0 radical (unpaired) electrons. The Morgan fingerprint density at radius 2 is 2.25 bits per heavy atom. The first-order valence-electron chi connectivity index (χ1n) is 6.36. The van der Waals surface area contributed by atoms with Gasteiger partial charge in [-0.3, -0.25) is 9.78 Å². The van der Waals surface area contributed by atoms with E-state index in [0.29, 0.717) is 10.2 Å². The Balaban J connectivity index is 1.91. The van der Waals surface area contributed by atoms with Gasteiger partial charge in [0, 0.05) is 30.4 Å². The standard InChI is InChI=1S/C14H14ClN3OS/c1-14(5-6-14)13(19)18(2)12-10(15)17-11(20-12)9-4-3-7-16-8-9/h3-4,7-8H,5-6H2,1-2H3. The zero-order valence-electron chi connectivity index (χ0n) is 11.3. The van der Waals surface area contributed by atoms with Crippen LogP contribution in [0.15, 0.2) is 24.5 Å². The number of hydrogen-bond donors (Lipinski definition) is 0. The number of aromatic nitrogens is 2. The quantitative estimate of drug-likeness (QED) is 0.870. The largest absolute Gasteiger partial charge is 0.304 e. The monoisotopic (exact) mass is 307 g/mol. The van der Waals surface area contributed by atoms with Gasteiger partial charge in [-0.2, -0.15) is 0 Å². The molecule has 1 aliphatic rings. The summed E-state index contributed by atoms with van der Waals surface area (Å²) in [5.74, 6) is 0.112. The number of amides is 1. The number of halogens is 1. The molecule has 104 valence electrons. The van der Waals surface area contributed by atoms with Gasteiger partial charge in [-0.05, 0) is 25.0 Å². The van der Waals surface area contributed by atoms with Crippen LogP contribution < -0.4 is 4.90 Å². The molecule has 2 aromatic rings. The molecule has 0 aromatic carbocycles. The second-order valence-corrected chi connectivity index (χ2v) is 6.62. The van der Waals surface area contributed by atoms with E-state index in [1.54, 1.807) is 24.3 Å². The van der Waals surface area contributed by atoms with E-state index in [1.165, 1.54) is 11.3 Å². The molecule has 20 heavy (non-hydrogen) atoms. The van der Waals surface area contributed by atoms with Crippen LogP contribution >= 0.6 is 22.9 Å². The molecular weight excluding hydrogens is 294 g/mol. The van der Waals surface area contributed by atoms with Crippen LogP contribution in [-0.4, -0.2) is 22.9 Å². The minimum atomic E-state index is -0.212. The second kappa shape index (κ2) is 4.82. The maximum Gasteiger partial charge on any atom is 0.233 e. The number of nitrogens with zero attached hydrogens (tertiary/aromatic N) is 3. The van der Waals surface area contributed by atoms with Crippen molar-refractivity contribution in [1.29, 1.82) is 0 Å². The second-order valence-electron chi connectivity index (χ2n) is 5.28. The Morgan fingerprint density at radius 3 is 2.85 bits per heavy atom. The Kier molecular flexibility index (Phi) is 3.26. The van der Waals surface area contributed by atoms with Gasteiger partial charge >= 0.3 is 0 Å². The fourth-order valence-corrected chi connectivity index (χ4v) is 3.30. The summed E-state index contributed by atoms with van der Waals surface area (Å²) >= 11 is 7.60. The number of rotatable bonds is 3. The number of carbonyl (C=O) groups is 1. The summed E-state index contributed by atoms with van der Waals surface area (Å²) < 4.78 is 0. The van der Waals surface area contributed by atoms with Gasteiger partial charge in [-0.25, -0.2) is 4.98 Å². The summed E-state index contributed by atoms with van der Waals surface area (Å²) in [6.07, 6.45) is 5.34. The summed E-state index contributed by atoms with van der Waals surface area (Å²) in [6.45, 7) is 1.99. The molecule has 2 heterocycles. The highest BCUT2D eigenvalue weighted by molar-refractivity contribution is 7.19. The van der Waals surface area contributed by atoms with Crippen LogP contribution in [0.1, 0.15) is 19.8 Å². The highest BCUT2D eigenvalue weighted by Crippen LogP contribution is 2.48. The fourth-order valence-electron chi connectivity index (χ4n) is 2.01. The third-order valence-electron chi connectivity index (χ3n) is 3.60. The smallest absolute Gasteiger partial charge is 0.233 e. The molecule has 0 N–H and O–H groups in total. The zero-order valence-corrected chi connectivity index (χ0v) is 12.8. The Morgan fingerprint density at radius 1 is 1.50 bits per heavy atom. The van der Waals surface area contributed by atoms with E-state index in [1.807, 2.05) is 19.1 Å². The summed E-state index contributed by atoms with van der Waals surface area (Å²) in [6, 6.07) is 3.78. The van der Waals surface area contributed by atoms with Gasteiger partial charge in [0.2, 0.25) is 5.91 Å². The van der Waals surface area contributed by atoms with E-state index in [2.05, 4.69) is 9.97 Å². The highest BCUT2D eigenvalue weighted by Gasteiger charge is 2.47. The molecule has 1 fully saturated rings. The van der Waals surface area contributed by atoms with Gasteiger partial charge in [-0.1, -0.05) is 29.9 Å². The molecule has 1 amide bonds. The summed E-state index contributed by atoms with van der Waals surface area (Å²) in [5.41, 5.74) is 0.695. The molecule has 0 saturated heterocycles. The lowest BCUT2D eigenvalue weighted by Crippen LogP contribution is -2.32. The molecule has 6 heteroatoms. The molecule has 1 aliphatic carbocycles. The SMILES string of the molecule is CN(C(=O)C1(C)CC1)c1sc(-c2cccnc2)nc1Cl. The van der Waals surface area contributed by atoms with Gasteiger partial charge in [-0.15, -0.1) is 0 Å². The van der Waals surface area contributed by atoms with E-state index in [-0.39, 0.29) is 11.3 Å². The average Bonchev–Trinajstić information content (AvgIpc) is 3.09. The first-order chi connectivity index (χ1) is 9.51.